The summed E-state index contributed by atoms with van der Waals surface area (Å²) in [5.74, 6) is 1.68. The maximum atomic E-state index is 12.5. The van der Waals surface area contributed by atoms with E-state index in [9.17, 15) is 4.79 Å². The zero-order chi connectivity index (χ0) is 14.8. The van der Waals surface area contributed by atoms with Gasteiger partial charge < -0.3 is 16.3 Å². The first-order chi connectivity index (χ1) is 9.49. The molecular formula is C15H27N3O2. The van der Waals surface area contributed by atoms with Gasteiger partial charge in [0.25, 0.3) is 0 Å². The van der Waals surface area contributed by atoms with Crippen molar-refractivity contribution >= 4 is 11.7 Å². The summed E-state index contributed by atoms with van der Waals surface area (Å²) in [7, 11) is 0. The molecule has 2 rings (SSSR count). The first-order valence-corrected chi connectivity index (χ1v) is 7.76. The first kappa shape index (κ1) is 15.1. The molecule has 0 aromatic heterocycles. The van der Waals surface area contributed by atoms with E-state index in [-0.39, 0.29) is 11.7 Å². The maximum absolute atomic E-state index is 12.5. The highest BCUT2D eigenvalue weighted by Crippen LogP contribution is 2.46. The van der Waals surface area contributed by atoms with Crippen molar-refractivity contribution < 1.29 is 10.0 Å². The number of amides is 1. The van der Waals surface area contributed by atoms with Gasteiger partial charge in [0.2, 0.25) is 5.91 Å². The van der Waals surface area contributed by atoms with E-state index in [1.165, 1.54) is 25.7 Å². The molecule has 2 unspecified atom stereocenters. The Bertz CT molecular complexity index is 389. The largest absolute Gasteiger partial charge is 0.409 e. The molecule has 0 aliphatic heterocycles. The predicted molar refractivity (Wildman–Crippen MR) is 78.4 cm³/mol. The van der Waals surface area contributed by atoms with E-state index in [1.54, 1.807) is 0 Å². The van der Waals surface area contributed by atoms with E-state index >= 15 is 0 Å². The molecule has 20 heavy (non-hydrogen) atoms. The molecular weight excluding hydrogens is 254 g/mol. The minimum Gasteiger partial charge on any atom is -0.409 e. The number of nitrogens with one attached hydrogen (secondary N) is 1. The van der Waals surface area contributed by atoms with Crippen LogP contribution in [0.2, 0.25) is 0 Å². The van der Waals surface area contributed by atoms with Crippen LogP contribution in [0.1, 0.15) is 52.4 Å². The Labute approximate surface area is 121 Å². The predicted octanol–water partition coefficient (Wildman–Crippen LogP) is 2.09. The van der Waals surface area contributed by atoms with E-state index < -0.39 is 5.41 Å². The highest BCUT2D eigenvalue weighted by molar-refractivity contribution is 6.07. The van der Waals surface area contributed by atoms with Crippen LogP contribution in [0.3, 0.4) is 0 Å². The summed E-state index contributed by atoms with van der Waals surface area (Å²) in [4.78, 5) is 12.5. The fourth-order valence-corrected chi connectivity index (χ4v) is 3.83. The zero-order valence-electron chi connectivity index (χ0n) is 12.6. The summed E-state index contributed by atoms with van der Waals surface area (Å²) in [6.45, 7) is 5.06. The van der Waals surface area contributed by atoms with Crippen molar-refractivity contribution in [3.05, 3.63) is 0 Å². The van der Waals surface area contributed by atoms with Gasteiger partial charge in [0, 0.05) is 6.54 Å². The molecule has 2 aliphatic carbocycles. The van der Waals surface area contributed by atoms with Gasteiger partial charge in [-0.05, 0) is 37.0 Å². The molecule has 2 saturated carbocycles. The minimum atomic E-state index is -0.772. The van der Waals surface area contributed by atoms with Crippen LogP contribution < -0.4 is 11.1 Å². The molecule has 0 heterocycles. The van der Waals surface area contributed by atoms with Crippen LogP contribution in [-0.4, -0.2) is 23.5 Å². The average Bonchev–Trinajstić information content (AvgIpc) is 2.41. The summed E-state index contributed by atoms with van der Waals surface area (Å²) < 4.78 is 0. The molecule has 5 heteroatoms. The van der Waals surface area contributed by atoms with Crippen molar-refractivity contribution in [3.8, 4) is 0 Å². The number of carbonyl (C=O) groups excluding carboxylic acids is 1. The zero-order valence-corrected chi connectivity index (χ0v) is 12.6. The van der Waals surface area contributed by atoms with Gasteiger partial charge >= 0.3 is 0 Å². The molecule has 2 fully saturated rings. The standard InChI is InChI=1S/C15H27N3O2/c1-10-7-15(8-10,13(16)18-20)14(19)17-9-12-6-4-3-5-11(12)2/h10-12,20H,3-9H2,1-2H3,(H2,16,18)(H,17,19). The average molecular weight is 281 g/mol. The molecule has 0 spiro atoms. The summed E-state index contributed by atoms with van der Waals surface area (Å²) >= 11 is 0. The van der Waals surface area contributed by atoms with Gasteiger partial charge in [0.15, 0.2) is 5.84 Å². The molecule has 0 saturated heterocycles. The Morgan fingerprint density at radius 3 is 2.55 bits per heavy atom. The Morgan fingerprint density at radius 2 is 2.00 bits per heavy atom. The quantitative estimate of drug-likeness (QED) is 0.319. The summed E-state index contributed by atoms with van der Waals surface area (Å²) in [6.07, 6.45) is 6.35. The normalized spacial score (nSPS) is 38.1. The second-order valence-corrected chi connectivity index (χ2v) is 6.81. The Morgan fingerprint density at radius 1 is 1.35 bits per heavy atom. The van der Waals surface area contributed by atoms with Crippen molar-refractivity contribution in [2.45, 2.75) is 52.4 Å². The van der Waals surface area contributed by atoms with Gasteiger partial charge in [-0.15, -0.1) is 0 Å². The number of nitrogens with two attached hydrogens (primary N) is 1. The Kier molecular flexibility index (Phi) is 4.55. The lowest BCUT2D eigenvalue weighted by atomic mass is 9.61. The number of amidine groups is 1. The van der Waals surface area contributed by atoms with E-state index in [1.807, 2.05) is 0 Å². The molecule has 1 amide bonds. The number of hydrogen-bond donors (Lipinski definition) is 3. The highest BCUT2D eigenvalue weighted by atomic mass is 16.4. The maximum Gasteiger partial charge on any atom is 0.233 e. The monoisotopic (exact) mass is 281 g/mol. The lowest BCUT2D eigenvalue weighted by Crippen LogP contribution is -2.57. The van der Waals surface area contributed by atoms with Crippen molar-refractivity contribution in [2.24, 2.45) is 34.1 Å². The van der Waals surface area contributed by atoms with Crippen LogP contribution in [-0.2, 0) is 4.79 Å². The van der Waals surface area contributed by atoms with Crippen LogP contribution in [0.15, 0.2) is 5.16 Å². The number of oxime groups is 1. The Hall–Kier alpha value is -1.26. The van der Waals surface area contributed by atoms with Crippen molar-refractivity contribution in [1.82, 2.24) is 5.32 Å². The molecule has 4 N–H and O–H groups in total. The summed E-state index contributed by atoms with van der Waals surface area (Å²) in [5.41, 5.74) is 4.98. The summed E-state index contributed by atoms with van der Waals surface area (Å²) in [5, 5.41) is 15.0. The molecule has 0 bridgehead atoms. The van der Waals surface area contributed by atoms with E-state index in [0.717, 1.165) is 6.54 Å². The van der Waals surface area contributed by atoms with Crippen molar-refractivity contribution in [3.63, 3.8) is 0 Å². The number of carbonyl (C=O) groups is 1. The third-order valence-electron chi connectivity index (χ3n) is 5.24. The SMILES string of the molecule is CC1CC(C(=O)NCC2CCCCC2C)(C(N)=NO)C1. The third-order valence-corrected chi connectivity index (χ3v) is 5.24. The number of rotatable bonds is 4. The lowest BCUT2D eigenvalue weighted by molar-refractivity contribution is -0.133. The fourth-order valence-electron chi connectivity index (χ4n) is 3.83. The molecule has 0 aromatic carbocycles. The van der Waals surface area contributed by atoms with Gasteiger partial charge in [-0.3, -0.25) is 4.79 Å². The summed E-state index contributed by atoms with van der Waals surface area (Å²) in [6, 6.07) is 0. The molecule has 2 atom stereocenters. The second kappa shape index (κ2) is 6.02. The van der Waals surface area contributed by atoms with Gasteiger partial charge in [0.05, 0.1) is 0 Å². The van der Waals surface area contributed by atoms with E-state index in [0.29, 0.717) is 30.6 Å². The van der Waals surface area contributed by atoms with Crippen LogP contribution in [0, 0.1) is 23.2 Å². The first-order valence-electron chi connectivity index (χ1n) is 7.76. The molecule has 2 aliphatic rings. The molecule has 0 radical (unpaired) electrons. The fraction of sp³-hybridized carbons (Fsp3) is 0.867. The van der Waals surface area contributed by atoms with Crippen LogP contribution in [0.25, 0.3) is 0 Å². The lowest BCUT2D eigenvalue weighted by Gasteiger charge is -2.44. The second-order valence-electron chi connectivity index (χ2n) is 6.81. The van der Waals surface area contributed by atoms with Crippen LogP contribution in [0.4, 0.5) is 0 Å². The van der Waals surface area contributed by atoms with Gasteiger partial charge in [-0.1, -0.05) is 38.3 Å². The van der Waals surface area contributed by atoms with Crippen LogP contribution in [0.5, 0.6) is 0 Å². The van der Waals surface area contributed by atoms with Gasteiger partial charge in [-0.2, -0.15) is 0 Å². The van der Waals surface area contributed by atoms with Crippen molar-refractivity contribution in [1.29, 1.82) is 0 Å². The van der Waals surface area contributed by atoms with Gasteiger partial charge in [-0.25, -0.2) is 0 Å². The topological polar surface area (TPSA) is 87.7 Å². The van der Waals surface area contributed by atoms with Crippen LogP contribution >= 0.6 is 0 Å². The molecule has 114 valence electrons. The van der Waals surface area contributed by atoms with Gasteiger partial charge in [0.1, 0.15) is 5.41 Å². The minimum absolute atomic E-state index is 0.0600. The third kappa shape index (κ3) is 2.76. The number of nitrogens with zero attached hydrogens (tertiary/aromatic N) is 1. The smallest absolute Gasteiger partial charge is 0.233 e. The Balaban J connectivity index is 1.93. The van der Waals surface area contributed by atoms with E-state index in [2.05, 4.69) is 24.3 Å². The number of hydrogen-bond acceptors (Lipinski definition) is 3. The van der Waals surface area contributed by atoms with Crippen molar-refractivity contribution in [2.75, 3.05) is 6.54 Å². The molecule has 0 aromatic rings. The van der Waals surface area contributed by atoms with E-state index in [4.69, 9.17) is 10.9 Å². The molecule has 5 nitrogen and oxygen atoms in total. The highest BCUT2D eigenvalue weighted by Gasteiger charge is 2.52.